The van der Waals surface area contributed by atoms with E-state index < -0.39 is 17.3 Å². The van der Waals surface area contributed by atoms with Gasteiger partial charge in [0.15, 0.2) is 0 Å². The summed E-state index contributed by atoms with van der Waals surface area (Å²) in [5.41, 5.74) is 10.0. The topological polar surface area (TPSA) is 130 Å². The number of nitriles is 2. The minimum atomic E-state index is -4.47. The Bertz CT molecular complexity index is 1880. The van der Waals surface area contributed by atoms with Crippen LogP contribution >= 0.6 is 0 Å². The Labute approximate surface area is 233 Å². The van der Waals surface area contributed by atoms with Gasteiger partial charge < -0.3 is 5.73 Å². The maximum Gasteiger partial charge on any atom is 0.416 e. The molecule has 11 heteroatoms. The maximum absolute atomic E-state index is 13.1. The highest BCUT2D eigenvalue weighted by Crippen LogP contribution is 2.38. The minimum absolute atomic E-state index is 0.0233. The summed E-state index contributed by atoms with van der Waals surface area (Å²) in [4.78, 5) is 9.09. The first kappa shape index (κ1) is 27.4. The zero-order chi connectivity index (χ0) is 29.5. The molecular formula is C30H23F3N8. The van der Waals surface area contributed by atoms with Crippen molar-refractivity contribution in [3.63, 3.8) is 0 Å². The van der Waals surface area contributed by atoms with Crippen molar-refractivity contribution in [2.24, 2.45) is 12.8 Å². The molecule has 5 rings (SSSR count). The van der Waals surface area contributed by atoms with Gasteiger partial charge in [-0.3, -0.25) is 4.98 Å². The number of benzene rings is 2. The van der Waals surface area contributed by atoms with Crippen molar-refractivity contribution < 1.29 is 13.2 Å². The van der Waals surface area contributed by atoms with Gasteiger partial charge in [0.2, 0.25) is 0 Å². The van der Waals surface area contributed by atoms with Crippen molar-refractivity contribution in [1.82, 2.24) is 25.0 Å². The smallest absolute Gasteiger partial charge is 0.313 e. The fourth-order valence-corrected chi connectivity index (χ4v) is 5.15. The van der Waals surface area contributed by atoms with Crippen LogP contribution in [-0.2, 0) is 25.2 Å². The van der Waals surface area contributed by atoms with Crippen LogP contribution in [0.1, 0.15) is 56.2 Å². The van der Waals surface area contributed by atoms with Crippen LogP contribution in [0.15, 0.2) is 60.8 Å². The van der Waals surface area contributed by atoms with Crippen molar-refractivity contribution in [3.8, 4) is 12.1 Å². The summed E-state index contributed by atoms with van der Waals surface area (Å²) >= 11 is 0. The van der Waals surface area contributed by atoms with Crippen LogP contribution in [0.2, 0.25) is 0 Å². The monoisotopic (exact) mass is 552 g/mol. The average molecular weight is 553 g/mol. The molecule has 0 radical (unpaired) electrons. The molecule has 0 spiro atoms. The SMILES string of the molecule is Cc1ccc(C(N)(c2ccc3nc(C#N)c(Cc4ccc(C(F)(F)F)cc4)c(C#N)c3c2)c2cnnn2C)c(C)n1. The third-order valence-corrected chi connectivity index (χ3v) is 7.19. The lowest BCUT2D eigenvalue weighted by molar-refractivity contribution is -0.137. The second kappa shape index (κ2) is 10.1. The number of fused-ring (bicyclic) bond motifs is 1. The molecule has 2 N–H and O–H groups in total. The maximum atomic E-state index is 13.1. The molecule has 8 nitrogen and oxygen atoms in total. The van der Waals surface area contributed by atoms with Gasteiger partial charge in [-0.2, -0.15) is 23.7 Å². The van der Waals surface area contributed by atoms with E-state index in [2.05, 4.69) is 26.3 Å². The van der Waals surface area contributed by atoms with E-state index in [1.165, 1.54) is 12.1 Å². The van der Waals surface area contributed by atoms with Gasteiger partial charge >= 0.3 is 6.18 Å². The highest BCUT2D eigenvalue weighted by molar-refractivity contribution is 5.88. The number of halogens is 3. The number of aromatic nitrogens is 5. The van der Waals surface area contributed by atoms with Gasteiger partial charge in [-0.1, -0.05) is 29.5 Å². The molecule has 0 aliphatic rings. The van der Waals surface area contributed by atoms with Crippen LogP contribution in [0.3, 0.4) is 0 Å². The lowest BCUT2D eigenvalue weighted by atomic mass is 9.79. The first-order valence-corrected chi connectivity index (χ1v) is 12.5. The zero-order valence-electron chi connectivity index (χ0n) is 22.3. The molecular weight excluding hydrogens is 529 g/mol. The van der Waals surface area contributed by atoms with E-state index in [9.17, 15) is 23.7 Å². The molecule has 0 aliphatic heterocycles. The Morgan fingerprint density at radius 3 is 2.22 bits per heavy atom. The van der Waals surface area contributed by atoms with Crippen molar-refractivity contribution >= 4 is 10.9 Å². The lowest BCUT2D eigenvalue weighted by Crippen LogP contribution is -2.42. The first-order chi connectivity index (χ1) is 19.5. The van der Waals surface area contributed by atoms with Crippen molar-refractivity contribution in [3.05, 3.63) is 117 Å². The van der Waals surface area contributed by atoms with Crippen LogP contribution in [0.5, 0.6) is 0 Å². The highest BCUT2D eigenvalue weighted by atomic mass is 19.4. The molecule has 0 amide bonds. The number of hydrogen-bond acceptors (Lipinski definition) is 7. The molecule has 0 bridgehead atoms. The van der Waals surface area contributed by atoms with Crippen LogP contribution in [0, 0.1) is 36.5 Å². The standard InChI is InChI=1S/C30H23F3N8/c1-17-4-10-25(18(2)38-17)29(36,28-16-37-40-41(28)3)21-9-11-26-23(13-21)24(14-34)22(27(15-35)39-26)12-19-5-7-20(8-6-19)30(31,32)33/h4-11,13,16H,12,36H2,1-3H3. The summed E-state index contributed by atoms with van der Waals surface area (Å²) in [6.45, 7) is 3.74. The lowest BCUT2D eigenvalue weighted by Gasteiger charge is -2.32. The normalized spacial score (nSPS) is 13.0. The first-order valence-electron chi connectivity index (χ1n) is 12.5. The molecule has 0 aliphatic carbocycles. The molecule has 5 aromatic rings. The number of alkyl halides is 3. The zero-order valence-corrected chi connectivity index (χ0v) is 22.3. The highest BCUT2D eigenvalue weighted by Gasteiger charge is 2.37. The van der Waals surface area contributed by atoms with Gasteiger partial charge in [0.05, 0.1) is 28.5 Å². The number of nitrogens with zero attached hydrogens (tertiary/aromatic N) is 7. The van der Waals surface area contributed by atoms with Crippen LogP contribution in [0.4, 0.5) is 13.2 Å². The van der Waals surface area contributed by atoms with Gasteiger partial charge in [0.1, 0.15) is 23.4 Å². The molecule has 204 valence electrons. The molecule has 41 heavy (non-hydrogen) atoms. The molecule has 1 atom stereocenters. The largest absolute Gasteiger partial charge is 0.416 e. The molecule has 0 fully saturated rings. The van der Waals surface area contributed by atoms with E-state index in [-0.39, 0.29) is 17.7 Å². The molecule has 3 aromatic heterocycles. The van der Waals surface area contributed by atoms with Gasteiger partial charge in [-0.05, 0) is 55.3 Å². The second-order valence-electron chi connectivity index (χ2n) is 9.78. The summed E-state index contributed by atoms with van der Waals surface area (Å²) in [5, 5.41) is 28.7. The Morgan fingerprint density at radius 2 is 1.63 bits per heavy atom. The average Bonchev–Trinajstić information content (AvgIpc) is 3.38. The van der Waals surface area contributed by atoms with Gasteiger partial charge in [0, 0.05) is 41.4 Å². The Morgan fingerprint density at radius 1 is 0.927 bits per heavy atom. The van der Waals surface area contributed by atoms with E-state index in [0.29, 0.717) is 44.5 Å². The molecule has 3 heterocycles. The number of nitrogens with two attached hydrogens (primary N) is 1. The Hall–Kier alpha value is -5.13. The number of aryl methyl sites for hydroxylation is 3. The molecule has 2 aromatic carbocycles. The minimum Gasteiger partial charge on any atom is -0.313 e. The predicted octanol–water partition coefficient (Wildman–Crippen LogP) is 4.98. The fourth-order valence-electron chi connectivity index (χ4n) is 5.15. The van der Waals surface area contributed by atoms with Crippen molar-refractivity contribution in [1.29, 1.82) is 10.5 Å². The van der Waals surface area contributed by atoms with Crippen LogP contribution in [0.25, 0.3) is 10.9 Å². The van der Waals surface area contributed by atoms with Gasteiger partial charge in [0.25, 0.3) is 0 Å². The van der Waals surface area contributed by atoms with E-state index in [1.54, 1.807) is 36.1 Å². The molecule has 0 saturated heterocycles. The summed E-state index contributed by atoms with van der Waals surface area (Å²) in [6.07, 6.45) is -2.86. The summed E-state index contributed by atoms with van der Waals surface area (Å²) in [5.74, 6) is 0. The van der Waals surface area contributed by atoms with Gasteiger partial charge in [-0.15, -0.1) is 5.10 Å². The van der Waals surface area contributed by atoms with E-state index in [4.69, 9.17) is 5.73 Å². The van der Waals surface area contributed by atoms with E-state index >= 15 is 0 Å². The third-order valence-electron chi connectivity index (χ3n) is 7.19. The van der Waals surface area contributed by atoms with E-state index in [1.807, 2.05) is 32.0 Å². The number of hydrogen-bond donors (Lipinski definition) is 1. The van der Waals surface area contributed by atoms with E-state index in [0.717, 1.165) is 17.8 Å². The van der Waals surface area contributed by atoms with Crippen molar-refractivity contribution in [2.75, 3.05) is 0 Å². The Kier molecular flexibility index (Phi) is 6.77. The molecule has 0 saturated carbocycles. The summed E-state index contributed by atoms with van der Waals surface area (Å²) < 4.78 is 40.8. The number of rotatable bonds is 5. The van der Waals surface area contributed by atoms with Crippen molar-refractivity contribution in [2.45, 2.75) is 32.0 Å². The predicted molar refractivity (Wildman–Crippen MR) is 144 cm³/mol. The Balaban J connectivity index is 1.72. The van der Waals surface area contributed by atoms with Crippen LogP contribution < -0.4 is 5.73 Å². The van der Waals surface area contributed by atoms with Crippen LogP contribution in [-0.4, -0.2) is 25.0 Å². The number of pyridine rings is 2. The summed E-state index contributed by atoms with van der Waals surface area (Å²) in [6, 6.07) is 17.8. The fraction of sp³-hybridized carbons (Fsp3) is 0.200. The quantitative estimate of drug-likeness (QED) is 0.325. The second-order valence-corrected chi connectivity index (χ2v) is 9.78. The summed E-state index contributed by atoms with van der Waals surface area (Å²) in [7, 11) is 1.73. The molecule has 1 unspecified atom stereocenters. The third kappa shape index (κ3) is 4.77. The van der Waals surface area contributed by atoms with Gasteiger partial charge in [-0.25, -0.2) is 9.67 Å².